The fourth-order valence-electron chi connectivity index (χ4n) is 3.77. The van der Waals surface area contributed by atoms with Crippen LogP contribution >= 0.6 is 0 Å². The minimum Gasteiger partial charge on any atom is -0.337 e. The Bertz CT molecular complexity index is 807. The number of aromatic nitrogens is 1. The van der Waals surface area contributed by atoms with Crippen LogP contribution in [0.3, 0.4) is 0 Å². The van der Waals surface area contributed by atoms with Crippen molar-refractivity contribution in [2.45, 2.75) is 51.1 Å². The van der Waals surface area contributed by atoms with Gasteiger partial charge >= 0.3 is 0 Å². The van der Waals surface area contributed by atoms with E-state index in [1.807, 2.05) is 13.0 Å². The van der Waals surface area contributed by atoms with Crippen LogP contribution in [0, 0.1) is 28.6 Å². The molecule has 1 saturated carbocycles. The predicted octanol–water partition coefficient (Wildman–Crippen LogP) is 1.98. The molecule has 1 aliphatic carbocycles. The van der Waals surface area contributed by atoms with Gasteiger partial charge < -0.3 is 15.1 Å². The molecule has 8 heteroatoms. The highest BCUT2D eigenvalue weighted by atomic mass is 16.6. The molecule has 1 N–H and O–H groups in total. The van der Waals surface area contributed by atoms with Crippen molar-refractivity contribution in [2.75, 3.05) is 13.1 Å². The van der Waals surface area contributed by atoms with Crippen LogP contribution in [-0.2, 0) is 4.79 Å². The van der Waals surface area contributed by atoms with Crippen molar-refractivity contribution >= 4 is 11.6 Å². The normalized spacial score (nSPS) is 24.6. The molecule has 0 unspecified atom stereocenters. The van der Waals surface area contributed by atoms with Gasteiger partial charge in [-0.1, -0.05) is 5.16 Å². The number of amides is 1. The van der Waals surface area contributed by atoms with Gasteiger partial charge in [-0.3, -0.25) is 4.79 Å². The van der Waals surface area contributed by atoms with Crippen LogP contribution in [-0.4, -0.2) is 46.7 Å². The zero-order valence-electron chi connectivity index (χ0n) is 16.0. The lowest BCUT2D eigenvalue weighted by atomic mass is 10.0. The Morgan fingerprint density at radius 1 is 1.39 bits per heavy atom. The zero-order chi connectivity index (χ0) is 19.9. The topological polar surface area (TPSA) is 114 Å². The van der Waals surface area contributed by atoms with Gasteiger partial charge in [0.25, 0.3) is 0 Å². The summed E-state index contributed by atoms with van der Waals surface area (Å²) in [7, 11) is 0. The van der Waals surface area contributed by atoms with Gasteiger partial charge in [-0.15, -0.1) is 0 Å². The fourth-order valence-corrected chi connectivity index (χ4v) is 3.77. The summed E-state index contributed by atoms with van der Waals surface area (Å²) in [5, 5.41) is 25.4. The summed E-state index contributed by atoms with van der Waals surface area (Å²) < 4.78 is 0. The van der Waals surface area contributed by atoms with Crippen LogP contribution in [0.5, 0.6) is 5.88 Å². The monoisotopic (exact) mass is 380 g/mol. The third-order valence-corrected chi connectivity index (χ3v) is 5.44. The molecule has 0 aromatic carbocycles. The lowest BCUT2D eigenvalue weighted by molar-refractivity contribution is -0.130. The highest BCUT2D eigenvalue weighted by molar-refractivity contribution is 5.84. The molecule has 28 heavy (non-hydrogen) atoms. The second kappa shape index (κ2) is 9.29. The highest BCUT2D eigenvalue weighted by Crippen LogP contribution is 2.27. The minimum absolute atomic E-state index is 0.00751. The van der Waals surface area contributed by atoms with E-state index < -0.39 is 0 Å². The number of hydrogen-bond donors (Lipinski definition) is 1. The molecule has 2 aliphatic rings. The van der Waals surface area contributed by atoms with Crippen molar-refractivity contribution in [3.05, 3.63) is 23.9 Å². The maximum Gasteiger partial charge on any atom is 0.248 e. The van der Waals surface area contributed by atoms with E-state index in [0.717, 1.165) is 37.8 Å². The number of carbonyl (C=O) groups is 1. The number of hydrogen-bond acceptors (Lipinski definition) is 7. The number of carbonyl (C=O) groups excluding carboxylic acids is 1. The van der Waals surface area contributed by atoms with Crippen LogP contribution in [0.2, 0.25) is 0 Å². The Morgan fingerprint density at radius 3 is 2.96 bits per heavy atom. The molecular formula is C20H24N6O2. The van der Waals surface area contributed by atoms with Gasteiger partial charge in [-0.25, -0.2) is 4.98 Å². The average Bonchev–Trinajstić information content (AvgIpc) is 3.40. The lowest BCUT2D eigenvalue weighted by Crippen LogP contribution is -2.43. The van der Waals surface area contributed by atoms with E-state index in [1.54, 1.807) is 17.0 Å². The van der Waals surface area contributed by atoms with Gasteiger partial charge in [0.2, 0.25) is 11.8 Å². The summed E-state index contributed by atoms with van der Waals surface area (Å²) in [4.78, 5) is 23.4. The highest BCUT2D eigenvalue weighted by Gasteiger charge is 2.30. The van der Waals surface area contributed by atoms with Crippen molar-refractivity contribution in [1.82, 2.24) is 15.2 Å². The van der Waals surface area contributed by atoms with Crippen LogP contribution in [0.15, 0.2) is 23.5 Å². The Labute approximate surface area is 164 Å². The second-order valence-electron chi connectivity index (χ2n) is 7.28. The smallest absolute Gasteiger partial charge is 0.248 e. The molecule has 1 aromatic heterocycles. The largest absolute Gasteiger partial charge is 0.337 e. The van der Waals surface area contributed by atoms with E-state index in [1.165, 1.54) is 6.20 Å². The molecule has 0 bridgehead atoms. The molecule has 1 amide bonds. The van der Waals surface area contributed by atoms with E-state index in [9.17, 15) is 4.79 Å². The Hall–Kier alpha value is -2.97. The summed E-state index contributed by atoms with van der Waals surface area (Å²) in [5.41, 5.74) is 1.37. The molecule has 3 rings (SSSR count). The van der Waals surface area contributed by atoms with Crippen LogP contribution in [0.25, 0.3) is 0 Å². The SMILES string of the molecule is C/C(=N\Oc1ccc(C#N)cn1)[C@@H]1CC[C@H](NCC(=O)N2CCC[C@H]2C#N)C1. The number of oxime groups is 1. The first-order chi connectivity index (χ1) is 13.6. The predicted molar refractivity (Wildman–Crippen MR) is 102 cm³/mol. The fraction of sp³-hybridized carbons (Fsp3) is 0.550. The molecular weight excluding hydrogens is 356 g/mol. The maximum absolute atomic E-state index is 12.3. The summed E-state index contributed by atoms with van der Waals surface area (Å²) in [6.07, 6.45) is 5.98. The first kappa shape index (κ1) is 19.8. The number of pyridine rings is 1. The van der Waals surface area contributed by atoms with Gasteiger partial charge in [0.1, 0.15) is 12.1 Å². The molecule has 2 heterocycles. The molecule has 2 fully saturated rings. The molecule has 0 radical (unpaired) electrons. The van der Waals surface area contributed by atoms with Crippen molar-refractivity contribution in [2.24, 2.45) is 11.1 Å². The number of nitrogens with zero attached hydrogens (tertiary/aromatic N) is 5. The lowest BCUT2D eigenvalue weighted by Gasteiger charge is -2.21. The summed E-state index contributed by atoms with van der Waals surface area (Å²) in [6, 6.07) is 7.46. The first-order valence-electron chi connectivity index (χ1n) is 9.61. The second-order valence-corrected chi connectivity index (χ2v) is 7.28. The van der Waals surface area contributed by atoms with Gasteiger partial charge in [-0.2, -0.15) is 10.5 Å². The van der Waals surface area contributed by atoms with Gasteiger partial charge in [0.15, 0.2) is 0 Å². The van der Waals surface area contributed by atoms with E-state index in [4.69, 9.17) is 15.4 Å². The van der Waals surface area contributed by atoms with Crippen molar-refractivity contribution in [1.29, 1.82) is 10.5 Å². The van der Waals surface area contributed by atoms with E-state index in [-0.39, 0.29) is 24.5 Å². The van der Waals surface area contributed by atoms with E-state index >= 15 is 0 Å². The van der Waals surface area contributed by atoms with Crippen molar-refractivity contribution in [3.8, 4) is 18.0 Å². The molecule has 1 aliphatic heterocycles. The Morgan fingerprint density at radius 2 is 2.25 bits per heavy atom. The summed E-state index contributed by atoms with van der Waals surface area (Å²) in [6.45, 7) is 2.89. The quantitative estimate of drug-likeness (QED) is 0.596. The standard InChI is InChI=1S/C20H24N6O2/c1-14(25-28-19-7-4-15(10-21)12-24-19)16-5-6-17(9-16)23-13-20(27)26-8-2-3-18(26)11-22/h4,7,12,16-18,23H,2-3,5-6,8-9,13H2,1H3/b25-14+/t16-,17+,18+/m1/s1. The Kier molecular flexibility index (Phi) is 6.57. The van der Waals surface area contributed by atoms with Crippen LogP contribution < -0.4 is 10.2 Å². The third-order valence-electron chi connectivity index (χ3n) is 5.44. The van der Waals surface area contributed by atoms with E-state index in [2.05, 4.69) is 21.5 Å². The first-order valence-corrected chi connectivity index (χ1v) is 9.61. The van der Waals surface area contributed by atoms with Crippen LogP contribution in [0.4, 0.5) is 0 Å². The van der Waals surface area contributed by atoms with Gasteiger partial charge in [-0.05, 0) is 45.1 Å². The van der Waals surface area contributed by atoms with Gasteiger partial charge in [0, 0.05) is 30.8 Å². The number of nitrogens with one attached hydrogen (secondary N) is 1. The zero-order valence-corrected chi connectivity index (χ0v) is 16.0. The average molecular weight is 380 g/mol. The minimum atomic E-state index is -0.270. The number of nitriles is 2. The van der Waals surface area contributed by atoms with Gasteiger partial charge in [0.05, 0.1) is 23.9 Å². The van der Waals surface area contributed by atoms with Crippen molar-refractivity contribution in [3.63, 3.8) is 0 Å². The summed E-state index contributed by atoms with van der Waals surface area (Å²) in [5.74, 6) is 0.659. The van der Waals surface area contributed by atoms with Crippen molar-refractivity contribution < 1.29 is 9.63 Å². The molecule has 3 atom stereocenters. The molecule has 8 nitrogen and oxygen atoms in total. The third kappa shape index (κ3) is 4.85. The number of rotatable bonds is 6. The molecule has 1 aromatic rings. The number of likely N-dealkylation sites (tertiary alicyclic amines) is 1. The Balaban J connectivity index is 1.44. The van der Waals surface area contributed by atoms with Crippen LogP contribution in [0.1, 0.15) is 44.6 Å². The maximum atomic E-state index is 12.3. The molecule has 1 saturated heterocycles. The summed E-state index contributed by atoms with van der Waals surface area (Å²) >= 11 is 0. The van der Waals surface area contributed by atoms with E-state index in [0.29, 0.717) is 23.9 Å². The molecule has 0 spiro atoms. The molecule has 146 valence electrons.